The molecule has 0 bridgehead atoms. The first-order valence-electron chi connectivity index (χ1n) is 5.53. The number of carbonyl (C=O) groups excluding carboxylic acids is 1. The Balaban J connectivity index is 1.84. The van der Waals surface area contributed by atoms with E-state index in [0.717, 1.165) is 5.56 Å². The lowest BCUT2D eigenvalue weighted by Gasteiger charge is -2.04. The number of nitrogens with one attached hydrogen (secondary N) is 1. The Hall–Kier alpha value is -2.30. The van der Waals surface area contributed by atoms with Crippen molar-refractivity contribution in [3.8, 4) is 0 Å². The highest BCUT2D eigenvalue weighted by Crippen LogP contribution is 2.02. The number of carbonyl (C=O) groups is 1. The highest BCUT2D eigenvalue weighted by Gasteiger charge is 2.04. The molecule has 1 amide bonds. The molecule has 0 aliphatic rings. The van der Waals surface area contributed by atoms with Crippen molar-refractivity contribution < 1.29 is 9.18 Å². The van der Waals surface area contributed by atoms with E-state index in [9.17, 15) is 9.18 Å². The average Bonchev–Trinajstić information content (AvgIpc) is 2.40. The second-order valence-corrected chi connectivity index (χ2v) is 3.76. The summed E-state index contributed by atoms with van der Waals surface area (Å²) in [5.74, 6) is -0.570. The molecular weight excluding hydrogens is 233 g/mol. The highest BCUT2D eigenvalue weighted by atomic mass is 19.1. The summed E-state index contributed by atoms with van der Waals surface area (Å²) >= 11 is 0. The lowest BCUT2D eigenvalue weighted by molar-refractivity contribution is 0.0954. The monoisotopic (exact) mass is 245 g/mol. The van der Waals surface area contributed by atoms with Gasteiger partial charge >= 0.3 is 0 Å². The van der Waals surface area contributed by atoms with Crippen LogP contribution in [0.2, 0.25) is 0 Å². The van der Waals surface area contributed by atoms with Gasteiger partial charge in [-0.1, -0.05) is 0 Å². The summed E-state index contributed by atoms with van der Waals surface area (Å²) in [7, 11) is 0. The van der Waals surface area contributed by atoms with Crippen molar-refractivity contribution in [3.05, 3.63) is 59.9 Å². The number of halogens is 1. The van der Waals surface area contributed by atoms with E-state index in [4.69, 9.17) is 0 Å². The smallest absolute Gasteiger partial charge is 0.251 e. The quantitative estimate of drug-likeness (QED) is 0.889. The second-order valence-electron chi connectivity index (χ2n) is 3.76. The van der Waals surface area contributed by atoms with Crippen LogP contribution in [0.15, 0.2) is 43.0 Å². The van der Waals surface area contributed by atoms with Gasteiger partial charge in [-0.25, -0.2) is 14.4 Å². The largest absolute Gasteiger partial charge is 0.352 e. The molecule has 0 saturated heterocycles. The highest BCUT2D eigenvalue weighted by molar-refractivity contribution is 5.94. The van der Waals surface area contributed by atoms with E-state index >= 15 is 0 Å². The van der Waals surface area contributed by atoms with Crippen LogP contribution in [0, 0.1) is 5.82 Å². The minimum Gasteiger partial charge on any atom is -0.352 e. The first kappa shape index (κ1) is 12.2. The van der Waals surface area contributed by atoms with Gasteiger partial charge in [0.05, 0.1) is 0 Å². The zero-order chi connectivity index (χ0) is 12.8. The summed E-state index contributed by atoms with van der Waals surface area (Å²) in [6, 6.07) is 5.44. The van der Waals surface area contributed by atoms with Crippen LogP contribution in [0.4, 0.5) is 4.39 Å². The molecule has 0 fully saturated rings. The molecule has 5 heteroatoms. The maximum absolute atomic E-state index is 12.7. The van der Waals surface area contributed by atoms with Crippen molar-refractivity contribution in [1.82, 2.24) is 15.3 Å². The molecule has 4 nitrogen and oxygen atoms in total. The van der Waals surface area contributed by atoms with Crippen LogP contribution < -0.4 is 5.32 Å². The van der Waals surface area contributed by atoms with E-state index < -0.39 is 0 Å². The van der Waals surface area contributed by atoms with Crippen LogP contribution in [0.3, 0.4) is 0 Å². The number of amides is 1. The van der Waals surface area contributed by atoms with Crippen molar-refractivity contribution in [3.63, 3.8) is 0 Å². The lowest BCUT2D eigenvalue weighted by atomic mass is 10.2. The van der Waals surface area contributed by atoms with Crippen molar-refractivity contribution in [1.29, 1.82) is 0 Å². The molecule has 2 aromatic rings. The van der Waals surface area contributed by atoms with Gasteiger partial charge in [0.1, 0.15) is 12.1 Å². The van der Waals surface area contributed by atoms with Gasteiger partial charge in [0.15, 0.2) is 0 Å². The second kappa shape index (κ2) is 5.86. The van der Waals surface area contributed by atoms with Gasteiger partial charge in [-0.2, -0.15) is 0 Å². The van der Waals surface area contributed by atoms with E-state index in [0.29, 0.717) is 18.5 Å². The summed E-state index contributed by atoms with van der Waals surface area (Å²) < 4.78 is 12.7. The number of hydrogen-bond donors (Lipinski definition) is 1. The van der Waals surface area contributed by atoms with E-state index in [1.807, 2.05) is 0 Å². The van der Waals surface area contributed by atoms with Crippen LogP contribution in [0.25, 0.3) is 0 Å². The summed E-state index contributed by atoms with van der Waals surface area (Å²) in [6.07, 6.45) is 5.53. The first-order chi connectivity index (χ1) is 8.75. The summed E-state index contributed by atoms with van der Waals surface area (Å²) in [5, 5.41) is 2.75. The molecular formula is C13H12FN3O. The molecule has 2 rings (SSSR count). The fourth-order valence-electron chi connectivity index (χ4n) is 1.48. The Kier molecular flexibility index (Phi) is 3.96. The summed E-state index contributed by atoms with van der Waals surface area (Å²) in [5.41, 5.74) is 1.40. The van der Waals surface area contributed by atoms with Crippen LogP contribution in [-0.2, 0) is 6.42 Å². The molecule has 0 radical (unpaired) electrons. The number of rotatable bonds is 4. The fourth-order valence-corrected chi connectivity index (χ4v) is 1.48. The molecule has 92 valence electrons. The minimum atomic E-state index is -0.354. The molecule has 1 aromatic carbocycles. The Morgan fingerprint density at radius 1 is 1.17 bits per heavy atom. The zero-order valence-corrected chi connectivity index (χ0v) is 9.64. The molecule has 1 N–H and O–H groups in total. The van der Waals surface area contributed by atoms with Gasteiger partial charge in [0.25, 0.3) is 5.91 Å². The third-order valence-electron chi connectivity index (χ3n) is 2.42. The predicted molar refractivity (Wildman–Crippen MR) is 64.5 cm³/mol. The lowest BCUT2D eigenvalue weighted by Crippen LogP contribution is -2.25. The first-order valence-corrected chi connectivity index (χ1v) is 5.53. The molecule has 0 aliphatic heterocycles. The van der Waals surface area contributed by atoms with Crippen molar-refractivity contribution in [2.24, 2.45) is 0 Å². The molecule has 1 heterocycles. The normalized spacial score (nSPS) is 10.1. The van der Waals surface area contributed by atoms with Crippen LogP contribution in [0.1, 0.15) is 15.9 Å². The van der Waals surface area contributed by atoms with Crippen LogP contribution in [-0.4, -0.2) is 22.4 Å². The van der Waals surface area contributed by atoms with Crippen molar-refractivity contribution in [2.45, 2.75) is 6.42 Å². The van der Waals surface area contributed by atoms with E-state index in [-0.39, 0.29) is 11.7 Å². The van der Waals surface area contributed by atoms with Gasteiger partial charge in [-0.15, -0.1) is 0 Å². The maximum Gasteiger partial charge on any atom is 0.251 e. The van der Waals surface area contributed by atoms with E-state index in [2.05, 4.69) is 15.3 Å². The molecule has 0 spiro atoms. The third kappa shape index (κ3) is 3.35. The number of hydrogen-bond acceptors (Lipinski definition) is 3. The van der Waals surface area contributed by atoms with Gasteiger partial charge < -0.3 is 5.32 Å². The summed E-state index contributed by atoms with van der Waals surface area (Å²) in [6.45, 7) is 0.490. The molecule has 0 unspecified atom stereocenters. The Morgan fingerprint density at radius 2 is 1.83 bits per heavy atom. The fraction of sp³-hybridized carbons (Fsp3) is 0.154. The molecule has 18 heavy (non-hydrogen) atoms. The predicted octanol–water partition coefficient (Wildman–Crippen LogP) is 1.59. The van der Waals surface area contributed by atoms with Gasteiger partial charge in [0.2, 0.25) is 0 Å². The topological polar surface area (TPSA) is 54.9 Å². The SMILES string of the molecule is O=C(NCCc1cncnc1)c1ccc(F)cc1. The van der Waals surface area contributed by atoms with Gasteiger partial charge in [-0.3, -0.25) is 4.79 Å². The minimum absolute atomic E-state index is 0.216. The van der Waals surface area contributed by atoms with Gasteiger partial charge in [0, 0.05) is 24.5 Å². The zero-order valence-electron chi connectivity index (χ0n) is 9.64. The average molecular weight is 245 g/mol. The molecule has 0 atom stereocenters. The number of aromatic nitrogens is 2. The van der Waals surface area contributed by atoms with E-state index in [1.165, 1.54) is 30.6 Å². The standard InChI is InChI=1S/C13H12FN3O/c14-12-3-1-11(2-4-12)13(18)17-6-5-10-7-15-9-16-8-10/h1-4,7-9H,5-6H2,(H,17,18). The maximum atomic E-state index is 12.7. The van der Waals surface area contributed by atoms with Crippen molar-refractivity contribution >= 4 is 5.91 Å². The van der Waals surface area contributed by atoms with E-state index in [1.54, 1.807) is 12.4 Å². The third-order valence-corrected chi connectivity index (χ3v) is 2.42. The number of nitrogens with zero attached hydrogens (tertiary/aromatic N) is 2. The molecule has 0 saturated carbocycles. The Morgan fingerprint density at radius 3 is 2.50 bits per heavy atom. The Bertz CT molecular complexity index is 514. The Labute approximate surface area is 104 Å². The molecule has 1 aromatic heterocycles. The van der Waals surface area contributed by atoms with Gasteiger partial charge in [-0.05, 0) is 36.2 Å². The van der Waals surface area contributed by atoms with Crippen LogP contribution >= 0.6 is 0 Å². The summed E-state index contributed by atoms with van der Waals surface area (Å²) in [4.78, 5) is 19.5. The molecule has 0 aliphatic carbocycles. The number of benzene rings is 1. The van der Waals surface area contributed by atoms with Crippen molar-refractivity contribution in [2.75, 3.05) is 6.54 Å². The van der Waals surface area contributed by atoms with Crippen LogP contribution in [0.5, 0.6) is 0 Å².